The molecule has 0 atom stereocenters. The van der Waals surface area contributed by atoms with Gasteiger partial charge in [0.1, 0.15) is 13.5 Å². The van der Waals surface area contributed by atoms with E-state index in [-0.39, 0.29) is 5.54 Å². The first kappa shape index (κ1) is 20.2. The van der Waals surface area contributed by atoms with E-state index in [0.717, 1.165) is 26.7 Å². The second-order valence-corrected chi connectivity index (χ2v) is 8.07. The zero-order valence-electron chi connectivity index (χ0n) is 16.2. The van der Waals surface area contributed by atoms with Crippen molar-refractivity contribution in [3.05, 3.63) is 0 Å². The Kier molecular flexibility index (Phi) is 10.3. The van der Waals surface area contributed by atoms with Crippen LogP contribution in [0.4, 0.5) is 0 Å². The molecule has 0 aromatic carbocycles. The van der Waals surface area contributed by atoms with Gasteiger partial charge in [0.25, 0.3) is 0 Å². The summed E-state index contributed by atoms with van der Waals surface area (Å²) >= 11 is 0. The van der Waals surface area contributed by atoms with Gasteiger partial charge in [-0.25, -0.2) is 4.90 Å². The highest BCUT2D eigenvalue weighted by atomic mass is 16.6. The van der Waals surface area contributed by atoms with E-state index in [1.165, 1.54) is 96.3 Å². The number of ether oxygens (including phenoxy) is 2. The highest BCUT2D eigenvalue weighted by Gasteiger charge is 2.45. The number of unbranched alkanes of at least 4 members (excludes halogenated alkanes) is 13. The van der Waals surface area contributed by atoms with Crippen molar-refractivity contribution in [3.63, 3.8) is 0 Å². The SMILES string of the molecule is CCCCCCCCCCCCCCCCC12COCN1COC2. The van der Waals surface area contributed by atoms with Crippen LogP contribution < -0.4 is 0 Å². The molecule has 2 heterocycles. The normalized spacial score (nSPS) is 19.9. The minimum absolute atomic E-state index is 0.233. The predicted octanol–water partition coefficient (Wildman–Crippen LogP) is 5.87. The first-order chi connectivity index (χ1) is 11.9. The molecule has 3 heteroatoms. The van der Waals surface area contributed by atoms with Gasteiger partial charge in [-0.3, -0.25) is 0 Å². The first-order valence-electron chi connectivity index (χ1n) is 10.8. The fourth-order valence-corrected chi connectivity index (χ4v) is 4.18. The van der Waals surface area contributed by atoms with E-state index in [1.54, 1.807) is 0 Å². The average Bonchev–Trinajstić information content (AvgIpc) is 3.15. The van der Waals surface area contributed by atoms with E-state index < -0.39 is 0 Å². The number of hydrogen-bond donors (Lipinski definition) is 0. The van der Waals surface area contributed by atoms with Crippen molar-refractivity contribution >= 4 is 0 Å². The molecule has 24 heavy (non-hydrogen) atoms. The zero-order valence-corrected chi connectivity index (χ0v) is 16.2. The first-order valence-corrected chi connectivity index (χ1v) is 10.8. The molecule has 0 saturated carbocycles. The summed E-state index contributed by atoms with van der Waals surface area (Å²) in [4.78, 5) is 2.38. The Balaban J connectivity index is 1.31. The summed E-state index contributed by atoms with van der Waals surface area (Å²) in [5.41, 5.74) is 0.233. The lowest BCUT2D eigenvalue weighted by molar-refractivity contribution is 0.0695. The van der Waals surface area contributed by atoms with Crippen molar-refractivity contribution in [2.75, 3.05) is 26.7 Å². The standard InChI is InChI=1S/C21H41NO2/c1-2-3-4-5-6-7-8-9-10-11-12-13-14-15-16-21-17-23-19-22(21)20-24-18-21/h2-20H2,1H3. The Labute approximate surface area is 150 Å². The monoisotopic (exact) mass is 339 g/mol. The van der Waals surface area contributed by atoms with Gasteiger partial charge < -0.3 is 9.47 Å². The molecule has 0 N–H and O–H groups in total. The van der Waals surface area contributed by atoms with Crippen molar-refractivity contribution in [2.45, 2.75) is 109 Å². The van der Waals surface area contributed by atoms with Crippen LogP contribution in [-0.2, 0) is 9.47 Å². The molecule has 0 bridgehead atoms. The maximum Gasteiger partial charge on any atom is 0.101 e. The van der Waals surface area contributed by atoms with E-state index in [1.807, 2.05) is 0 Å². The molecule has 2 fully saturated rings. The van der Waals surface area contributed by atoms with Crippen molar-refractivity contribution in [1.29, 1.82) is 0 Å². The van der Waals surface area contributed by atoms with Crippen LogP contribution in [0.5, 0.6) is 0 Å². The molecule has 2 saturated heterocycles. The van der Waals surface area contributed by atoms with Gasteiger partial charge in [-0.15, -0.1) is 0 Å². The summed E-state index contributed by atoms with van der Waals surface area (Å²) in [5.74, 6) is 0. The van der Waals surface area contributed by atoms with E-state index in [9.17, 15) is 0 Å². The van der Waals surface area contributed by atoms with E-state index in [2.05, 4.69) is 11.8 Å². The van der Waals surface area contributed by atoms with Gasteiger partial charge in [0.15, 0.2) is 0 Å². The van der Waals surface area contributed by atoms with Crippen LogP contribution in [0.25, 0.3) is 0 Å². The fraction of sp³-hybridized carbons (Fsp3) is 1.00. The minimum atomic E-state index is 0.233. The molecule has 0 aromatic heterocycles. The van der Waals surface area contributed by atoms with Crippen molar-refractivity contribution in [3.8, 4) is 0 Å². The summed E-state index contributed by atoms with van der Waals surface area (Å²) in [6.07, 6.45) is 21.3. The molecular formula is C21H41NO2. The summed E-state index contributed by atoms with van der Waals surface area (Å²) in [6, 6.07) is 0. The molecular weight excluding hydrogens is 298 g/mol. The Bertz CT molecular complexity index is 298. The fourth-order valence-electron chi connectivity index (χ4n) is 4.18. The van der Waals surface area contributed by atoms with Gasteiger partial charge in [0, 0.05) is 0 Å². The van der Waals surface area contributed by atoms with Crippen LogP contribution in [0.3, 0.4) is 0 Å². The summed E-state index contributed by atoms with van der Waals surface area (Å²) in [6.45, 7) is 5.61. The molecule has 0 aliphatic carbocycles. The van der Waals surface area contributed by atoms with Crippen molar-refractivity contribution in [2.24, 2.45) is 0 Å². The van der Waals surface area contributed by atoms with Gasteiger partial charge in [-0.1, -0.05) is 96.8 Å². The van der Waals surface area contributed by atoms with Crippen LogP contribution in [0.1, 0.15) is 103 Å². The third kappa shape index (κ3) is 7.01. The molecule has 2 aliphatic rings. The van der Waals surface area contributed by atoms with Gasteiger partial charge in [-0.05, 0) is 6.42 Å². The molecule has 0 radical (unpaired) electrons. The van der Waals surface area contributed by atoms with Crippen molar-refractivity contribution in [1.82, 2.24) is 4.90 Å². The van der Waals surface area contributed by atoms with Gasteiger partial charge >= 0.3 is 0 Å². The number of nitrogens with zero attached hydrogens (tertiary/aromatic N) is 1. The lowest BCUT2D eigenvalue weighted by atomic mass is 9.93. The summed E-state index contributed by atoms with van der Waals surface area (Å²) in [5, 5.41) is 0. The Morgan fingerprint density at radius 1 is 0.625 bits per heavy atom. The van der Waals surface area contributed by atoms with Crippen LogP contribution in [-0.4, -0.2) is 37.1 Å². The third-order valence-electron chi connectivity index (χ3n) is 5.90. The molecule has 3 nitrogen and oxygen atoms in total. The molecule has 0 amide bonds. The average molecular weight is 340 g/mol. The summed E-state index contributed by atoms with van der Waals surface area (Å²) < 4.78 is 11.3. The quantitative estimate of drug-likeness (QED) is 0.348. The maximum absolute atomic E-state index is 5.63. The lowest BCUT2D eigenvalue weighted by Crippen LogP contribution is -2.42. The van der Waals surface area contributed by atoms with Crippen LogP contribution >= 0.6 is 0 Å². The highest BCUT2D eigenvalue weighted by molar-refractivity contribution is 4.95. The zero-order chi connectivity index (χ0) is 16.9. The van der Waals surface area contributed by atoms with Crippen LogP contribution in [0.15, 0.2) is 0 Å². The third-order valence-corrected chi connectivity index (χ3v) is 5.90. The van der Waals surface area contributed by atoms with Crippen LogP contribution in [0, 0.1) is 0 Å². The smallest absolute Gasteiger partial charge is 0.101 e. The van der Waals surface area contributed by atoms with E-state index in [0.29, 0.717) is 0 Å². The Morgan fingerprint density at radius 2 is 1.04 bits per heavy atom. The van der Waals surface area contributed by atoms with E-state index >= 15 is 0 Å². The topological polar surface area (TPSA) is 21.7 Å². The molecule has 0 unspecified atom stereocenters. The number of hydrogen-bond acceptors (Lipinski definition) is 3. The summed E-state index contributed by atoms with van der Waals surface area (Å²) in [7, 11) is 0. The molecule has 2 rings (SSSR count). The largest absolute Gasteiger partial charge is 0.364 e. The molecule has 142 valence electrons. The minimum Gasteiger partial charge on any atom is -0.364 e. The lowest BCUT2D eigenvalue weighted by Gasteiger charge is -2.27. The van der Waals surface area contributed by atoms with Gasteiger partial charge in [0.05, 0.1) is 18.8 Å². The Hall–Kier alpha value is -0.120. The predicted molar refractivity (Wildman–Crippen MR) is 101 cm³/mol. The van der Waals surface area contributed by atoms with Crippen molar-refractivity contribution < 1.29 is 9.47 Å². The van der Waals surface area contributed by atoms with E-state index in [4.69, 9.17) is 9.47 Å². The number of rotatable bonds is 15. The van der Waals surface area contributed by atoms with Gasteiger partial charge in [-0.2, -0.15) is 0 Å². The highest BCUT2D eigenvalue weighted by Crippen LogP contribution is 2.33. The Morgan fingerprint density at radius 3 is 1.50 bits per heavy atom. The molecule has 0 spiro atoms. The van der Waals surface area contributed by atoms with Crippen LogP contribution in [0.2, 0.25) is 0 Å². The maximum atomic E-state index is 5.63. The second kappa shape index (κ2) is 12.3. The second-order valence-electron chi connectivity index (χ2n) is 8.07. The van der Waals surface area contributed by atoms with Gasteiger partial charge in [0.2, 0.25) is 0 Å². The molecule has 0 aromatic rings. The number of fused-ring (bicyclic) bond motifs is 1. The molecule has 2 aliphatic heterocycles.